The van der Waals surface area contributed by atoms with Crippen molar-refractivity contribution >= 4 is 21.7 Å². The Morgan fingerprint density at radius 3 is 2.49 bits per heavy atom. The molecule has 0 bridgehead atoms. The minimum atomic E-state index is -5.57. The summed E-state index contributed by atoms with van der Waals surface area (Å²) in [5.74, 6) is 0.130. The average Bonchev–Trinajstić information content (AvgIpc) is 3.32. The van der Waals surface area contributed by atoms with E-state index in [2.05, 4.69) is 19.9 Å². The SMILES string of the molecule is O=C(Nc1ccon1)N1CCN(Cc2cccc(Oc3ccccc3S(=O)(=O)C(F)(F)F)c2)CC1. The summed E-state index contributed by atoms with van der Waals surface area (Å²) < 4.78 is 73.2. The maximum Gasteiger partial charge on any atom is 0.502 e. The second kappa shape index (κ2) is 9.96. The number of anilines is 1. The van der Waals surface area contributed by atoms with Crippen LogP contribution in [0.3, 0.4) is 0 Å². The van der Waals surface area contributed by atoms with E-state index in [4.69, 9.17) is 4.74 Å². The average molecular weight is 510 g/mol. The van der Waals surface area contributed by atoms with E-state index in [0.29, 0.717) is 38.5 Å². The van der Waals surface area contributed by atoms with Crippen molar-refractivity contribution in [3.05, 3.63) is 66.4 Å². The van der Waals surface area contributed by atoms with E-state index >= 15 is 0 Å². The van der Waals surface area contributed by atoms with Gasteiger partial charge in [0, 0.05) is 38.8 Å². The Labute approximate surface area is 199 Å². The first kappa shape index (κ1) is 24.5. The van der Waals surface area contributed by atoms with Crippen molar-refractivity contribution in [3.63, 3.8) is 0 Å². The molecule has 1 aliphatic heterocycles. The quantitative estimate of drug-likeness (QED) is 0.532. The first-order valence-electron chi connectivity index (χ1n) is 10.5. The Hall–Kier alpha value is -3.58. The highest BCUT2D eigenvalue weighted by Crippen LogP contribution is 2.37. The molecule has 0 atom stereocenters. The summed E-state index contributed by atoms with van der Waals surface area (Å²) in [6.45, 7) is 2.69. The normalized spacial score (nSPS) is 15.1. The summed E-state index contributed by atoms with van der Waals surface area (Å²) in [4.78, 5) is 15.1. The van der Waals surface area contributed by atoms with Crippen LogP contribution in [0.1, 0.15) is 5.56 Å². The van der Waals surface area contributed by atoms with Gasteiger partial charge >= 0.3 is 11.5 Å². The monoisotopic (exact) mass is 510 g/mol. The van der Waals surface area contributed by atoms with E-state index in [-0.39, 0.29) is 11.8 Å². The largest absolute Gasteiger partial charge is 0.502 e. The van der Waals surface area contributed by atoms with Crippen LogP contribution in [0.15, 0.2) is 70.3 Å². The molecule has 0 spiro atoms. The van der Waals surface area contributed by atoms with Crippen LogP contribution >= 0.6 is 0 Å². The molecule has 1 saturated heterocycles. The Kier molecular flexibility index (Phi) is 6.98. The van der Waals surface area contributed by atoms with E-state index in [0.717, 1.165) is 11.6 Å². The number of rotatable bonds is 6. The van der Waals surface area contributed by atoms with E-state index < -0.39 is 26.0 Å². The number of hydrogen-bond donors (Lipinski definition) is 1. The van der Waals surface area contributed by atoms with Crippen molar-refractivity contribution in [3.8, 4) is 11.5 Å². The third-order valence-corrected chi connectivity index (χ3v) is 6.83. The van der Waals surface area contributed by atoms with Gasteiger partial charge in [-0.3, -0.25) is 10.2 Å². The highest BCUT2D eigenvalue weighted by Gasteiger charge is 2.48. The zero-order valence-electron chi connectivity index (χ0n) is 18.2. The van der Waals surface area contributed by atoms with Crippen molar-refractivity contribution in [2.24, 2.45) is 0 Å². The first-order chi connectivity index (χ1) is 16.6. The summed E-state index contributed by atoms with van der Waals surface area (Å²) in [5.41, 5.74) is -4.62. The number of nitrogens with one attached hydrogen (secondary N) is 1. The molecule has 9 nitrogen and oxygen atoms in total. The predicted molar refractivity (Wildman–Crippen MR) is 119 cm³/mol. The number of amides is 2. The zero-order chi connectivity index (χ0) is 25.1. The van der Waals surface area contributed by atoms with Gasteiger partial charge in [-0.2, -0.15) is 13.2 Å². The highest BCUT2D eigenvalue weighted by atomic mass is 32.2. The van der Waals surface area contributed by atoms with Crippen LogP contribution in [0.25, 0.3) is 0 Å². The lowest BCUT2D eigenvalue weighted by atomic mass is 10.2. The van der Waals surface area contributed by atoms with Crippen molar-refractivity contribution in [2.75, 3.05) is 31.5 Å². The number of alkyl halides is 3. The lowest BCUT2D eigenvalue weighted by Gasteiger charge is -2.34. The van der Waals surface area contributed by atoms with E-state index in [1.807, 2.05) is 6.07 Å². The minimum absolute atomic E-state index is 0.206. The highest BCUT2D eigenvalue weighted by molar-refractivity contribution is 7.92. The van der Waals surface area contributed by atoms with Crippen molar-refractivity contribution in [1.82, 2.24) is 15.0 Å². The Bertz CT molecular complexity index is 1270. The molecular weight excluding hydrogens is 489 g/mol. The fourth-order valence-electron chi connectivity index (χ4n) is 3.55. The smallest absolute Gasteiger partial charge is 0.456 e. The topological polar surface area (TPSA) is 105 Å². The molecule has 186 valence electrons. The molecule has 1 aliphatic rings. The number of para-hydroxylation sites is 1. The van der Waals surface area contributed by atoms with Crippen LogP contribution in [0.4, 0.5) is 23.8 Å². The third-order valence-electron chi connectivity index (χ3n) is 5.31. The molecule has 0 unspecified atom stereocenters. The molecule has 1 aromatic heterocycles. The number of sulfone groups is 1. The molecule has 2 aromatic carbocycles. The maximum absolute atomic E-state index is 13.0. The molecule has 35 heavy (non-hydrogen) atoms. The van der Waals surface area contributed by atoms with Crippen LogP contribution in [-0.4, -0.2) is 61.1 Å². The summed E-state index contributed by atoms with van der Waals surface area (Å²) in [5, 5.41) is 6.29. The van der Waals surface area contributed by atoms with Crippen LogP contribution in [-0.2, 0) is 16.4 Å². The molecule has 4 rings (SSSR count). The van der Waals surface area contributed by atoms with E-state index in [9.17, 15) is 26.4 Å². The zero-order valence-corrected chi connectivity index (χ0v) is 19.1. The van der Waals surface area contributed by atoms with Gasteiger partial charge in [0.1, 0.15) is 22.7 Å². The molecule has 1 fully saturated rings. The number of piperazine rings is 1. The summed E-state index contributed by atoms with van der Waals surface area (Å²) >= 11 is 0. The summed E-state index contributed by atoms with van der Waals surface area (Å²) in [6.07, 6.45) is 1.36. The first-order valence-corrected chi connectivity index (χ1v) is 12.0. The number of ether oxygens (including phenoxy) is 1. The van der Waals surface area contributed by atoms with Gasteiger partial charge in [-0.15, -0.1) is 0 Å². The van der Waals surface area contributed by atoms with Crippen molar-refractivity contribution in [1.29, 1.82) is 0 Å². The van der Waals surface area contributed by atoms with Gasteiger partial charge in [0.15, 0.2) is 5.82 Å². The molecule has 0 radical (unpaired) electrons. The van der Waals surface area contributed by atoms with E-state index in [1.165, 1.54) is 30.5 Å². The van der Waals surface area contributed by atoms with Gasteiger partial charge in [0.25, 0.3) is 9.84 Å². The Balaban J connectivity index is 1.38. The summed E-state index contributed by atoms with van der Waals surface area (Å²) in [6, 6.07) is 12.6. The lowest BCUT2D eigenvalue weighted by Crippen LogP contribution is -2.49. The minimum Gasteiger partial charge on any atom is -0.456 e. The van der Waals surface area contributed by atoms with Crippen LogP contribution in [0.2, 0.25) is 0 Å². The van der Waals surface area contributed by atoms with E-state index in [1.54, 1.807) is 23.1 Å². The molecule has 0 aliphatic carbocycles. The van der Waals surface area contributed by atoms with Crippen molar-refractivity contribution < 1.29 is 35.6 Å². The molecule has 0 saturated carbocycles. The van der Waals surface area contributed by atoms with Crippen molar-refractivity contribution in [2.45, 2.75) is 16.9 Å². The number of carbonyl (C=O) groups is 1. The van der Waals surface area contributed by atoms with Crippen LogP contribution < -0.4 is 10.1 Å². The summed E-state index contributed by atoms with van der Waals surface area (Å²) in [7, 11) is -5.57. The molecule has 1 N–H and O–H groups in total. The number of hydrogen-bond acceptors (Lipinski definition) is 7. The van der Waals surface area contributed by atoms with Gasteiger partial charge in [-0.05, 0) is 29.8 Å². The number of benzene rings is 2. The maximum atomic E-state index is 13.0. The number of nitrogens with zero attached hydrogens (tertiary/aromatic N) is 3. The van der Waals surface area contributed by atoms with Gasteiger partial charge in [-0.25, -0.2) is 13.2 Å². The van der Waals surface area contributed by atoms with Crippen LogP contribution in [0.5, 0.6) is 11.5 Å². The fourth-order valence-corrected chi connectivity index (χ4v) is 4.43. The number of aromatic nitrogens is 1. The predicted octanol–water partition coefficient (Wildman–Crippen LogP) is 4.11. The standard InChI is InChI=1S/C22H21F3N4O5S/c23-22(24,25)35(31,32)19-7-2-1-6-18(19)34-17-5-3-4-16(14-17)15-28-9-11-29(12-10-28)21(30)26-20-8-13-33-27-20/h1-8,13-14H,9-12,15H2,(H,26,27,30). The fraction of sp³-hybridized carbons (Fsp3) is 0.273. The molecule has 2 heterocycles. The van der Waals surface area contributed by atoms with Gasteiger partial charge < -0.3 is 14.2 Å². The Morgan fingerprint density at radius 1 is 1.06 bits per heavy atom. The molecule has 2 amide bonds. The molecule has 13 heteroatoms. The molecule has 3 aromatic rings. The molecular formula is C22H21F3N4O5S. The number of halogens is 3. The number of carbonyl (C=O) groups excluding carboxylic acids is 1. The number of urea groups is 1. The van der Waals surface area contributed by atoms with Gasteiger partial charge in [0.2, 0.25) is 0 Å². The third kappa shape index (κ3) is 5.74. The van der Waals surface area contributed by atoms with Gasteiger partial charge in [-0.1, -0.05) is 29.4 Å². The Morgan fingerprint density at radius 2 is 1.80 bits per heavy atom. The second-order valence-corrected chi connectivity index (χ2v) is 9.63. The second-order valence-electron chi connectivity index (χ2n) is 7.72. The van der Waals surface area contributed by atoms with Crippen LogP contribution in [0, 0.1) is 0 Å². The van der Waals surface area contributed by atoms with Gasteiger partial charge in [0.05, 0.1) is 0 Å². The lowest BCUT2D eigenvalue weighted by molar-refractivity contribution is -0.0437.